The normalized spacial score (nSPS) is 24.9. The van der Waals surface area contributed by atoms with Crippen LogP contribution in [0, 0.1) is 10.1 Å². The van der Waals surface area contributed by atoms with Gasteiger partial charge in [-0.2, -0.15) is 5.10 Å². The molecule has 2 N–H and O–H groups in total. The van der Waals surface area contributed by atoms with Crippen molar-refractivity contribution in [1.29, 1.82) is 0 Å². The molecule has 1 aliphatic heterocycles. The second-order valence-electron chi connectivity index (χ2n) is 4.83. The van der Waals surface area contributed by atoms with Crippen LogP contribution in [0.2, 0.25) is 0 Å². The van der Waals surface area contributed by atoms with Crippen LogP contribution in [0.1, 0.15) is 6.92 Å². The molecule has 1 aromatic heterocycles. The van der Waals surface area contributed by atoms with Gasteiger partial charge in [0.05, 0.1) is 10.5 Å². The van der Waals surface area contributed by atoms with E-state index in [1.165, 1.54) is 10.9 Å². The largest absolute Gasteiger partial charge is 0.387 e. The second-order valence-corrected chi connectivity index (χ2v) is 4.83. The van der Waals surface area contributed by atoms with Crippen molar-refractivity contribution < 1.29 is 10.0 Å². The average molecular weight is 255 g/mol. The Morgan fingerprint density at radius 1 is 1.67 bits per heavy atom. The number of nitrogens with zero attached hydrogens (tertiary/aromatic N) is 4. The van der Waals surface area contributed by atoms with E-state index in [0.717, 1.165) is 0 Å². The highest BCUT2D eigenvalue weighted by Gasteiger charge is 2.32. The van der Waals surface area contributed by atoms with Gasteiger partial charge in [-0.3, -0.25) is 10.1 Å². The molecule has 1 fully saturated rings. The fourth-order valence-corrected chi connectivity index (χ4v) is 2.21. The van der Waals surface area contributed by atoms with Gasteiger partial charge in [0, 0.05) is 33.2 Å². The monoisotopic (exact) mass is 255 g/mol. The van der Waals surface area contributed by atoms with Gasteiger partial charge in [-0.05, 0) is 6.92 Å². The van der Waals surface area contributed by atoms with Crippen molar-refractivity contribution >= 4 is 11.5 Å². The Hall–Kier alpha value is -1.67. The first kappa shape index (κ1) is 12.8. The number of hydrogen-bond donors (Lipinski definition) is 2. The zero-order valence-corrected chi connectivity index (χ0v) is 10.5. The number of hydrogen-bond acceptors (Lipinski definition) is 6. The van der Waals surface area contributed by atoms with Gasteiger partial charge in [0.2, 0.25) is 5.82 Å². The zero-order valence-electron chi connectivity index (χ0n) is 10.5. The van der Waals surface area contributed by atoms with Crippen molar-refractivity contribution in [1.82, 2.24) is 15.1 Å². The summed E-state index contributed by atoms with van der Waals surface area (Å²) in [7, 11) is 1.66. The van der Waals surface area contributed by atoms with Crippen molar-refractivity contribution in [2.45, 2.75) is 12.5 Å². The first-order chi connectivity index (χ1) is 8.41. The van der Waals surface area contributed by atoms with Gasteiger partial charge in [-0.15, -0.1) is 0 Å². The molecule has 0 saturated carbocycles. The maximum atomic E-state index is 11.0. The van der Waals surface area contributed by atoms with E-state index in [9.17, 15) is 15.2 Å². The van der Waals surface area contributed by atoms with Crippen molar-refractivity contribution in [3.05, 3.63) is 16.3 Å². The lowest BCUT2D eigenvalue weighted by Crippen LogP contribution is -2.43. The lowest BCUT2D eigenvalue weighted by Gasteiger charge is -2.28. The maximum absolute atomic E-state index is 11.0. The number of rotatable bonds is 2. The van der Waals surface area contributed by atoms with E-state index in [2.05, 4.69) is 10.4 Å². The maximum Gasteiger partial charge on any atom is 0.331 e. The van der Waals surface area contributed by atoms with Crippen LogP contribution >= 0.6 is 0 Å². The third kappa shape index (κ3) is 2.44. The van der Waals surface area contributed by atoms with Crippen LogP contribution in [0.25, 0.3) is 0 Å². The molecule has 2 rings (SSSR count). The average Bonchev–Trinajstić information content (AvgIpc) is 2.55. The predicted octanol–water partition coefficient (Wildman–Crippen LogP) is -0.511. The van der Waals surface area contributed by atoms with E-state index >= 15 is 0 Å². The molecular formula is C10H17N5O3. The molecular weight excluding hydrogens is 238 g/mol. The minimum absolute atomic E-state index is 0.0322. The molecule has 1 atom stereocenters. The molecule has 8 heteroatoms. The molecule has 0 radical (unpaired) electrons. The van der Waals surface area contributed by atoms with Crippen molar-refractivity contribution in [2.24, 2.45) is 7.05 Å². The molecule has 0 bridgehead atoms. The van der Waals surface area contributed by atoms with E-state index in [-0.39, 0.29) is 5.69 Å². The lowest BCUT2D eigenvalue weighted by molar-refractivity contribution is -0.384. The SMILES string of the molecule is Cn1ncc([N+](=O)[O-])c1N1CCNCC(C)(O)C1. The Balaban J connectivity index is 2.35. The van der Waals surface area contributed by atoms with Crippen LogP contribution in [0.15, 0.2) is 6.20 Å². The molecule has 1 aromatic rings. The number of β-amino-alcohol motifs (C(OH)–C–C–N with tert-alkyl or cyclic N) is 1. The molecule has 1 aliphatic rings. The van der Waals surface area contributed by atoms with E-state index in [0.29, 0.717) is 32.0 Å². The molecule has 1 unspecified atom stereocenters. The van der Waals surface area contributed by atoms with Crippen LogP contribution in [-0.2, 0) is 7.05 Å². The highest BCUT2D eigenvalue weighted by atomic mass is 16.6. The van der Waals surface area contributed by atoms with Crippen LogP contribution in [0.4, 0.5) is 11.5 Å². The number of aliphatic hydroxyl groups is 1. The summed E-state index contributed by atoms with van der Waals surface area (Å²) in [6, 6.07) is 0. The van der Waals surface area contributed by atoms with Gasteiger partial charge >= 0.3 is 5.69 Å². The Morgan fingerprint density at radius 3 is 3.06 bits per heavy atom. The Labute approximate surface area is 104 Å². The van der Waals surface area contributed by atoms with E-state index in [1.807, 2.05) is 0 Å². The van der Waals surface area contributed by atoms with Crippen LogP contribution in [0.5, 0.6) is 0 Å². The van der Waals surface area contributed by atoms with Crippen molar-refractivity contribution in [2.75, 3.05) is 31.1 Å². The summed E-state index contributed by atoms with van der Waals surface area (Å²) in [5.74, 6) is 0.434. The molecule has 100 valence electrons. The highest BCUT2D eigenvalue weighted by Crippen LogP contribution is 2.28. The zero-order chi connectivity index (χ0) is 13.3. The molecule has 18 heavy (non-hydrogen) atoms. The third-order valence-electron chi connectivity index (χ3n) is 2.98. The number of nitro groups is 1. The topological polar surface area (TPSA) is 96.5 Å². The molecule has 2 heterocycles. The summed E-state index contributed by atoms with van der Waals surface area (Å²) in [5, 5.41) is 28.1. The summed E-state index contributed by atoms with van der Waals surface area (Å²) < 4.78 is 1.47. The molecule has 1 saturated heterocycles. The van der Waals surface area contributed by atoms with E-state index < -0.39 is 10.5 Å². The van der Waals surface area contributed by atoms with E-state index in [4.69, 9.17) is 0 Å². The van der Waals surface area contributed by atoms with Gasteiger partial charge in [0.25, 0.3) is 0 Å². The Bertz CT molecular complexity index is 456. The Morgan fingerprint density at radius 2 is 2.39 bits per heavy atom. The highest BCUT2D eigenvalue weighted by molar-refractivity contribution is 5.57. The summed E-state index contributed by atoms with van der Waals surface area (Å²) in [5.41, 5.74) is -0.954. The molecule has 8 nitrogen and oxygen atoms in total. The third-order valence-corrected chi connectivity index (χ3v) is 2.98. The Kier molecular flexibility index (Phi) is 3.22. The number of nitrogens with one attached hydrogen (secondary N) is 1. The van der Waals surface area contributed by atoms with Gasteiger partial charge in [0.15, 0.2) is 0 Å². The predicted molar refractivity (Wildman–Crippen MR) is 65.6 cm³/mol. The van der Waals surface area contributed by atoms with Gasteiger partial charge in [-0.1, -0.05) is 0 Å². The number of aromatic nitrogens is 2. The van der Waals surface area contributed by atoms with Crippen LogP contribution in [-0.4, -0.2) is 51.6 Å². The molecule has 0 spiro atoms. The summed E-state index contributed by atoms with van der Waals surface area (Å²) in [6.07, 6.45) is 1.24. The molecule has 0 aliphatic carbocycles. The minimum atomic E-state index is -0.922. The summed E-state index contributed by atoms with van der Waals surface area (Å²) in [6.45, 7) is 3.77. The van der Waals surface area contributed by atoms with Crippen molar-refractivity contribution in [3.63, 3.8) is 0 Å². The lowest BCUT2D eigenvalue weighted by atomic mass is 10.1. The number of aryl methyl sites for hydroxylation is 1. The van der Waals surface area contributed by atoms with Gasteiger partial charge in [-0.25, -0.2) is 4.68 Å². The second kappa shape index (κ2) is 4.54. The fourth-order valence-electron chi connectivity index (χ4n) is 2.21. The van der Waals surface area contributed by atoms with Crippen molar-refractivity contribution in [3.8, 4) is 0 Å². The smallest absolute Gasteiger partial charge is 0.331 e. The first-order valence-corrected chi connectivity index (χ1v) is 5.75. The van der Waals surface area contributed by atoms with Gasteiger partial charge in [0.1, 0.15) is 6.20 Å². The number of anilines is 1. The molecule has 0 amide bonds. The summed E-state index contributed by atoms with van der Waals surface area (Å²) in [4.78, 5) is 12.3. The summed E-state index contributed by atoms with van der Waals surface area (Å²) >= 11 is 0. The molecule has 0 aromatic carbocycles. The standard InChI is InChI=1S/C10H17N5O3/c1-10(16)6-11-3-4-14(7-10)9-8(15(17)18)5-12-13(9)2/h5,11,16H,3-4,6-7H2,1-2H3. The van der Waals surface area contributed by atoms with Crippen LogP contribution < -0.4 is 10.2 Å². The quantitative estimate of drug-likeness (QED) is 0.545. The van der Waals surface area contributed by atoms with Gasteiger partial charge < -0.3 is 15.3 Å². The minimum Gasteiger partial charge on any atom is -0.387 e. The van der Waals surface area contributed by atoms with E-state index in [1.54, 1.807) is 18.9 Å². The fraction of sp³-hybridized carbons (Fsp3) is 0.700. The first-order valence-electron chi connectivity index (χ1n) is 5.75. The van der Waals surface area contributed by atoms with Crippen LogP contribution in [0.3, 0.4) is 0 Å².